The van der Waals surface area contributed by atoms with E-state index in [4.69, 9.17) is 11.6 Å². The first-order chi connectivity index (χ1) is 10.7. The number of nitrogens with one attached hydrogen (secondary N) is 2. The molecule has 1 aliphatic heterocycles. The molecule has 7 nitrogen and oxygen atoms in total. The van der Waals surface area contributed by atoms with Crippen molar-refractivity contribution in [3.63, 3.8) is 0 Å². The van der Waals surface area contributed by atoms with Gasteiger partial charge in [0, 0.05) is 10.6 Å². The summed E-state index contributed by atoms with van der Waals surface area (Å²) in [6.07, 6.45) is 3.18. The van der Waals surface area contributed by atoms with Crippen molar-refractivity contribution in [2.45, 2.75) is 0 Å². The summed E-state index contributed by atoms with van der Waals surface area (Å²) in [5.74, 6) is 0.723. The van der Waals surface area contributed by atoms with Crippen LogP contribution in [-0.2, 0) is 0 Å². The maximum Gasteiger partial charge on any atom is 0.315 e. The van der Waals surface area contributed by atoms with E-state index in [2.05, 4.69) is 26.1 Å². The van der Waals surface area contributed by atoms with Crippen LogP contribution in [0.2, 0.25) is 5.02 Å². The molecule has 0 saturated carbocycles. The summed E-state index contributed by atoms with van der Waals surface area (Å²) in [6, 6.07) is 9.12. The Kier molecular flexibility index (Phi) is 2.80. The summed E-state index contributed by atoms with van der Waals surface area (Å²) in [5, 5.41) is 12.2. The molecule has 3 heterocycles. The van der Waals surface area contributed by atoms with Crippen molar-refractivity contribution < 1.29 is 0 Å². The smallest absolute Gasteiger partial charge is 0.292 e. The first kappa shape index (κ1) is 12.8. The van der Waals surface area contributed by atoms with Gasteiger partial charge in [-0.2, -0.15) is 10.2 Å². The molecule has 0 bridgehead atoms. The molecule has 0 radical (unpaired) electrons. The normalized spacial score (nSPS) is 11.9. The second-order valence-electron chi connectivity index (χ2n) is 4.67. The maximum atomic E-state index is 11.9. The van der Waals surface area contributed by atoms with Crippen molar-refractivity contribution in [3.8, 4) is 16.8 Å². The van der Waals surface area contributed by atoms with Gasteiger partial charge in [0.15, 0.2) is 5.82 Å². The molecule has 1 aromatic carbocycles. The van der Waals surface area contributed by atoms with Gasteiger partial charge in [0.05, 0.1) is 18.1 Å². The SMILES string of the molecule is O=c1nnccc2c1NNc1c(-c3ccc(Cl)cc3)cnn1-2. The lowest BCUT2D eigenvalue weighted by atomic mass is 10.1. The van der Waals surface area contributed by atoms with E-state index in [-0.39, 0.29) is 0 Å². The van der Waals surface area contributed by atoms with Gasteiger partial charge in [-0.05, 0) is 23.8 Å². The van der Waals surface area contributed by atoms with E-state index in [9.17, 15) is 4.79 Å². The first-order valence-corrected chi connectivity index (χ1v) is 6.84. The monoisotopic (exact) mass is 312 g/mol. The molecule has 22 heavy (non-hydrogen) atoms. The van der Waals surface area contributed by atoms with Gasteiger partial charge in [0.1, 0.15) is 5.69 Å². The Morgan fingerprint density at radius 2 is 1.91 bits per heavy atom. The zero-order valence-electron chi connectivity index (χ0n) is 11.1. The molecule has 0 unspecified atom stereocenters. The van der Waals surface area contributed by atoms with Gasteiger partial charge < -0.3 is 0 Å². The molecule has 4 rings (SSSR count). The summed E-state index contributed by atoms with van der Waals surface area (Å²) < 4.78 is 1.64. The number of hydrogen-bond acceptors (Lipinski definition) is 6. The Balaban J connectivity index is 1.92. The predicted octanol–water partition coefficient (Wildman–Crippen LogP) is 2.10. The van der Waals surface area contributed by atoms with Crippen LogP contribution in [0.5, 0.6) is 0 Å². The van der Waals surface area contributed by atoms with Gasteiger partial charge >= 0.3 is 5.56 Å². The fourth-order valence-corrected chi connectivity index (χ4v) is 2.47. The number of benzene rings is 1. The minimum absolute atomic E-state index is 0.302. The lowest BCUT2D eigenvalue weighted by Crippen LogP contribution is -2.25. The summed E-state index contributed by atoms with van der Waals surface area (Å²) >= 11 is 5.92. The van der Waals surface area contributed by atoms with Gasteiger partial charge in [-0.15, -0.1) is 5.10 Å². The zero-order valence-corrected chi connectivity index (χ0v) is 11.9. The standard InChI is InChI=1S/C14H9ClN6O/c15-9-3-1-8(2-4-9)10-7-17-21-11-5-6-16-20-14(22)12(11)18-19-13(10)21/h1-7,18-19H. The van der Waals surface area contributed by atoms with E-state index in [1.165, 1.54) is 6.20 Å². The largest absolute Gasteiger partial charge is 0.315 e. The van der Waals surface area contributed by atoms with E-state index >= 15 is 0 Å². The predicted molar refractivity (Wildman–Crippen MR) is 83.1 cm³/mol. The van der Waals surface area contributed by atoms with Gasteiger partial charge in [-0.3, -0.25) is 15.6 Å². The van der Waals surface area contributed by atoms with Crippen molar-refractivity contribution in [2.75, 3.05) is 10.9 Å². The number of nitrogens with zero attached hydrogens (tertiary/aromatic N) is 4. The molecule has 8 heteroatoms. The zero-order chi connectivity index (χ0) is 15.1. The van der Waals surface area contributed by atoms with Crippen molar-refractivity contribution in [1.29, 1.82) is 0 Å². The average Bonchev–Trinajstić information content (AvgIpc) is 2.87. The highest BCUT2D eigenvalue weighted by Gasteiger charge is 2.22. The van der Waals surface area contributed by atoms with E-state index in [0.29, 0.717) is 16.4 Å². The Labute approximate surface area is 129 Å². The third kappa shape index (κ3) is 1.91. The molecule has 0 amide bonds. The molecule has 2 N–H and O–H groups in total. The van der Waals surface area contributed by atoms with Crippen molar-refractivity contribution >= 4 is 23.1 Å². The maximum absolute atomic E-state index is 11.9. The molecule has 0 fully saturated rings. The summed E-state index contributed by atoms with van der Waals surface area (Å²) in [4.78, 5) is 11.9. The van der Waals surface area contributed by atoms with Crippen LogP contribution in [0.1, 0.15) is 0 Å². The Morgan fingerprint density at radius 3 is 2.73 bits per heavy atom. The van der Waals surface area contributed by atoms with Crippen LogP contribution >= 0.6 is 11.6 Å². The summed E-state index contributed by atoms with van der Waals surface area (Å²) in [6.45, 7) is 0. The Bertz CT molecular complexity index is 921. The third-order valence-electron chi connectivity index (χ3n) is 3.38. The number of hydrazine groups is 1. The highest BCUT2D eigenvalue weighted by Crippen LogP contribution is 2.33. The van der Waals surface area contributed by atoms with Crippen molar-refractivity contribution in [3.05, 3.63) is 58.1 Å². The fraction of sp³-hybridized carbons (Fsp3) is 0. The fourth-order valence-electron chi connectivity index (χ4n) is 2.34. The van der Waals surface area contributed by atoms with Gasteiger partial charge in [-0.1, -0.05) is 23.7 Å². The van der Waals surface area contributed by atoms with Crippen LogP contribution in [0, 0.1) is 0 Å². The molecular weight excluding hydrogens is 304 g/mol. The third-order valence-corrected chi connectivity index (χ3v) is 3.63. The van der Waals surface area contributed by atoms with Crippen molar-refractivity contribution in [1.82, 2.24) is 20.0 Å². The molecular formula is C14H9ClN6O. The van der Waals surface area contributed by atoms with Crippen LogP contribution < -0.4 is 16.4 Å². The molecule has 3 aromatic rings. The molecule has 0 saturated heterocycles. The molecule has 2 aromatic heterocycles. The first-order valence-electron chi connectivity index (χ1n) is 6.46. The number of aromatic nitrogens is 4. The Morgan fingerprint density at radius 1 is 1.09 bits per heavy atom. The van der Waals surface area contributed by atoms with Crippen LogP contribution in [-0.4, -0.2) is 20.0 Å². The quantitative estimate of drug-likeness (QED) is 0.716. The minimum Gasteiger partial charge on any atom is -0.292 e. The van der Waals surface area contributed by atoms with Crippen LogP contribution in [0.4, 0.5) is 11.5 Å². The topological polar surface area (TPSA) is 84.7 Å². The van der Waals surface area contributed by atoms with Gasteiger partial charge in [0.2, 0.25) is 0 Å². The van der Waals surface area contributed by atoms with Crippen molar-refractivity contribution in [2.24, 2.45) is 0 Å². The lowest BCUT2D eigenvalue weighted by molar-refractivity contribution is 0.871. The number of fused-ring (bicyclic) bond motifs is 3. The second-order valence-corrected chi connectivity index (χ2v) is 5.11. The van der Waals surface area contributed by atoms with Gasteiger partial charge in [0.25, 0.3) is 0 Å². The highest BCUT2D eigenvalue weighted by molar-refractivity contribution is 6.30. The van der Waals surface area contributed by atoms with Crippen LogP contribution in [0.25, 0.3) is 16.8 Å². The molecule has 0 aliphatic carbocycles. The molecule has 108 valence electrons. The number of rotatable bonds is 1. The van der Waals surface area contributed by atoms with E-state index in [1.54, 1.807) is 16.9 Å². The van der Waals surface area contributed by atoms with E-state index in [1.807, 2.05) is 24.3 Å². The molecule has 1 aliphatic rings. The lowest BCUT2D eigenvalue weighted by Gasteiger charge is -2.19. The number of anilines is 2. The minimum atomic E-state index is -0.457. The van der Waals surface area contributed by atoms with E-state index in [0.717, 1.165) is 16.9 Å². The summed E-state index contributed by atoms with van der Waals surface area (Å²) in [7, 11) is 0. The average molecular weight is 313 g/mol. The summed E-state index contributed by atoms with van der Waals surface area (Å²) in [5.41, 5.74) is 8.12. The number of hydrogen-bond donors (Lipinski definition) is 2. The molecule has 0 spiro atoms. The van der Waals surface area contributed by atoms with Crippen LogP contribution in [0.3, 0.4) is 0 Å². The van der Waals surface area contributed by atoms with Gasteiger partial charge in [-0.25, -0.2) is 4.68 Å². The van der Waals surface area contributed by atoms with Crippen LogP contribution in [0.15, 0.2) is 47.5 Å². The second kappa shape index (κ2) is 4.81. The van der Waals surface area contributed by atoms with E-state index < -0.39 is 5.56 Å². The Hall–Kier alpha value is -2.93. The molecule has 0 atom stereocenters. The highest BCUT2D eigenvalue weighted by atomic mass is 35.5. The number of halogens is 1.